The van der Waals surface area contributed by atoms with Crippen LogP contribution in [0.4, 0.5) is 4.39 Å². The molecular formula is C19H22FN3OS. The average Bonchev–Trinajstić information content (AvgIpc) is 3.07. The van der Waals surface area contributed by atoms with E-state index in [0.717, 1.165) is 21.5 Å². The Hall–Kier alpha value is -2.21. The highest BCUT2D eigenvalue weighted by atomic mass is 32.1. The zero-order chi connectivity index (χ0) is 18.4. The third kappa shape index (κ3) is 3.44. The molecule has 6 heteroatoms. The maximum atomic E-state index is 13.2. The fourth-order valence-corrected chi connectivity index (χ4v) is 4.00. The number of benzene rings is 1. The van der Waals surface area contributed by atoms with Crippen LogP contribution in [0, 0.1) is 18.2 Å². The Bertz CT molecular complexity index is 884. The van der Waals surface area contributed by atoms with Gasteiger partial charge in [-0.05, 0) is 36.1 Å². The fraction of sp³-hybridized carbons (Fsp3) is 0.368. The molecule has 0 saturated carbocycles. The Morgan fingerprint density at radius 2 is 1.92 bits per heavy atom. The van der Waals surface area contributed by atoms with Crippen LogP contribution in [-0.2, 0) is 7.05 Å². The van der Waals surface area contributed by atoms with E-state index in [2.05, 4.69) is 31.2 Å². The van der Waals surface area contributed by atoms with Gasteiger partial charge in [0.2, 0.25) is 0 Å². The van der Waals surface area contributed by atoms with Gasteiger partial charge in [-0.15, -0.1) is 11.3 Å². The van der Waals surface area contributed by atoms with Crippen LogP contribution in [-0.4, -0.2) is 15.7 Å². The lowest BCUT2D eigenvalue weighted by Gasteiger charge is -2.31. The molecule has 1 atom stereocenters. The largest absolute Gasteiger partial charge is 0.344 e. The molecule has 0 saturated heterocycles. The van der Waals surface area contributed by atoms with E-state index in [-0.39, 0.29) is 23.2 Å². The topological polar surface area (TPSA) is 46.9 Å². The van der Waals surface area contributed by atoms with Crippen molar-refractivity contribution in [2.75, 3.05) is 0 Å². The summed E-state index contributed by atoms with van der Waals surface area (Å²) in [5.41, 5.74) is 1.60. The van der Waals surface area contributed by atoms with E-state index < -0.39 is 0 Å². The number of amides is 1. The molecule has 1 N–H and O–H groups in total. The van der Waals surface area contributed by atoms with Gasteiger partial charge in [-0.1, -0.05) is 32.9 Å². The van der Waals surface area contributed by atoms with E-state index in [0.29, 0.717) is 4.88 Å². The first-order chi connectivity index (χ1) is 11.7. The van der Waals surface area contributed by atoms with E-state index >= 15 is 0 Å². The molecule has 2 heterocycles. The summed E-state index contributed by atoms with van der Waals surface area (Å²) in [6.45, 7) is 8.11. The number of aryl methyl sites for hydroxylation is 2. The molecule has 3 rings (SSSR count). The lowest BCUT2D eigenvalue weighted by atomic mass is 9.82. The van der Waals surface area contributed by atoms with E-state index in [1.807, 2.05) is 20.0 Å². The van der Waals surface area contributed by atoms with Crippen molar-refractivity contribution in [1.29, 1.82) is 0 Å². The predicted molar refractivity (Wildman–Crippen MR) is 99.4 cm³/mol. The molecule has 0 fully saturated rings. The first-order valence-electron chi connectivity index (χ1n) is 8.16. The van der Waals surface area contributed by atoms with Crippen molar-refractivity contribution in [2.24, 2.45) is 12.5 Å². The quantitative estimate of drug-likeness (QED) is 0.743. The molecule has 0 spiro atoms. The normalized spacial score (nSPS) is 13.2. The highest BCUT2D eigenvalue weighted by Crippen LogP contribution is 2.34. The third-order valence-electron chi connectivity index (χ3n) is 4.26. The molecule has 0 radical (unpaired) electrons. The number of carbonyl (C=O) groups is 1. The number of aromatic nitrogens is 2. The van der Waals surface area contributed by atoms with Crippen molar-refractivity contribution < 1.29 is 9.18 Å². The first kappa shape index (κ1) is 17.6. The summed E-state index contributed by atoms with van der Waals surface area (Å²) >= 11 is 1.43. The first-order valence-corrected chi connectivity index (χ1v) is 8.98. The maximum absolute atomic E-state index is 13.2. The van der Waals surface area contributed by atoms with Crippen molar-refractivity contribution in [3.8, 4) is 0 Å². The van der Waals surface area contributed by atoms with Crippen molar-refractivity contribution in [2.45, 2.75) is 33.7 Å². The van der Waals surface area contributed by atoms with Crippen molar-refractivity contribution in [3.63, 3.8) is 0 Å². The lowest BCUT2D eigenvalue weighted by Crippen LogP contribution is -2.36. The van der Waals surface area contributed by atoms with Gasteiger partial charge in [0.15, 0.2) is 0 Å². The molecule has 1 unspecified atom stereocenters. The summed E-state index contributed by atoms with van der Waals surface area (Å²) in [7, 11) is 1.88. The van der Waals surface area contributed by atoms with Crippen LogP contribution >= 0.6 is 11.3 Å². The van der Waals surface area contributed by atoms with Gasteiger partial charge in [-0.2, -0.15) is 5.10 Å². The van der Waals surface area contributed by atoms with Crippen LogP contribution in [0.2, 0.25) is 0 Å². The zero-order valence-corrected chi connectivity index (χ0v) is 15.9. The summed E-state index contributed by atoms with van der Waals surface area (Å²) < 4.78 is 15.0. The SMILES string of the molecule is Cc1nn(C)c2sc(C(=O)NC(c3ccc(F)cc3)C(C)(C)C)cc12. The molecule has 25 heavy (non-hydrogen) atoms. The minimum atomic E-state index is -0.282. The Kier molecular flexibility index (Phi) is 4.41. The van der Waals surface area contributed by atoms with Gasteiger partial charge in [0.05, 0.1) is 16.6 Å². The van der Waals surface area contributed by atoms with Crippen LogP contribution in [0.15, 0.2) is 30.3 Å². The number of halogens is 1. The fourth-order valence-electron chi connectivity index (χ4n) is 2.97. The highest BCUT2D eigenvalue weighted by molar-refractivity contribution is 7.20. The van der Waals surface area contributed by atoms with Gasteiger partial charge in [0.1, 0.15) is 10.6 Å². The molecule has 4 nitrogen and oxygen atoms in total. The van der Waals surface area contributed by atoms with Gasteiger partial charge in [-0.25, -0.2) is 4.39 Å². The van der Waals surface area contributed by atoms with Gasteiger partial charge >= 0.3 is 0 Å². The number of hydrogen-bond acceptors (Lipinski definition) is 3. The standard InChI is InChI=1S/C19H22FN3OS/c1-11-14-10-15(25-18(14)23(5)22-11)17(24)21-16(19(2,3)4)12-6-8-13(20)9-7-12/h6-10,16H,1-5H3,(H,21,24). The van der Waals surface area contributed by atoms with Crippen LogP contribution in [0.25, 0.3) is 10.2 Å². The van der Waals surface area contributed by atoms with E-state index in [9.17, 15) is 9.18 Å². The average molecular weight is 359 g/mol. The second-order valence-corrected chi connectivity index (χ2v) is 8.39. The Morgan fingerprint density at radius 1 is 1.28 bits per heavy atom. The number of hydrogen-bond donors (Lipinski definition) is 1. The molecule has 0 aliphatic carbocycles. The van der Waals surface area contributed by atoms with Crippen LogP contribution in [0.5, 0.6) is 0 Å². The van der Waals surface area contributed by atoms with Gasteiger partial charge < -0.3 is 5.32 Å². The van der Waals surface area contributed by atoms with E-state index in [1.54, 1.807) is 16.8 Å². The van der Waals surface area contributed by atoms with Gasteiger partial charge in [0, 0.05) is 12.4 Å². The lowest BCUT2D eigenvalue weighted by molar-refractivity contribution is 0.0906. The monoisotopic (exact) mass is 359 g/mol. The van der Waals surface area contributed by atoms with E-state index in [1.165, 1.54) is 23.5 Å². The summed E-state index contributed by atoms with van der Waals surface area (Å²) in [6.07, 6.45) is 0. The van der Waals surface area contributed by atoms with Crippen LogP contribution < -0.4 is 5.32 Å². The Morgan fingerprint density at radius 3 is 2.48 bits per heavy atom. The van der Waals surface area contributed by atoms with Crippen LogP contribution in [0.1, 0.15) is 47.7 Å². The summed E-state index contributed by atoms with van der Waals surface area (Å²) in [4.78, 5) is 14.5. The highest BCUT2D eigenvalue weighted by Gasteiger charge is 2.29. The number of fused-ring (bicyclic) bond motifs is 1. The molecule has 3 aromatic rings. The minimum absolute atomic E-state index is 0.121. The summed E-state index contributed by atoms with van der Waals surface area (Å²) in [6, 6.07) is 7.98. The molecule has 0 aliphatic heterocycles. The molecule has 0 aliphatic rings. The number of thiophene rings is 1. The smallest absolute Gasteiger partial charge is 0.261 e. The second-order valence-electron chi connectivity index (χ2n) is 7.36. The molecular weight excluding hydrogens is 337 g/mol. The maximum Gasteiger partial charge on any atom is 0.261 e. The number of carbonyl (C=O) groups excluding carboxylic acids is 1. The Balaban J connectivity index is 1.91. The van der Waals surface area contributed by atoms with Gasteiger partial charge in [0.25, 0.3) is 5.91 Å². The molecule has 1 amide bonds. The summed E-state index contributed by atoms with van der Waals surface area (Å²) in [5.74, 6) is -0.403. The molecule has 1 aromatic carbocycles. The van der Waals surface area contributed by atoms with Crippen molar-refractivity contribution >= 4 is 27.5 Å². The Labute approximate surface area is 150 Å². The van der Waals surface area contributed by atoms with Gasteiger partial charge in [-0.3, -0.25) is 9.48 Å². The number of rotatable bonds is 3. The number of nitrogens with one attached hydrogen (secondary N) is 1. The zero-order valence-electron chi connectivity index (χ0n) is 15.1. The number of nitrogens with zero attached hydrogens (tertiary/aromatic N) is 2. The second kappa shape index (κ2) is 6.26. The van der Waals surface area contributed by atoms with Crippen molar-refractivity contribution in [1.82, 2.24) is 15.1 Å². The minimum Gasteiger partial charge on any atom is -0.344 e. The predicted octanol–water partition coefficient (Wildman–Crippen LogP) is 4.60. The molecule has 132 valence electrons. The van der Waals surface area contributed by atoms with E-state index in [4.69, 9.17) is 0 Å². The summed E-state index contributed by atoms with van der Waals surface area (Å²) in [5, 5.41) is 8.49. The third-order valence-corrected chi connectivity index (χ3v) is 5.47. The van der Waals surface area contributed by atoms with Crippen molar-refractivity contribution in [3.05, 3.63) is 52.3 Å². The van der Waals surface area contributed by atoms with Crippen LogP contribution in [0.3, 0.4) is 0 Å². The molecule has 2 aromatic heterocycles. The molecule has 0 bridgehead atoms.